The van der Waals surface area contributed by atoms with E-state index in [1.807, 2.05) is 0 Å². The van der Waals surface area contributed by atoms with E-state index in [2.05, 4.69) is 181 Å². The molecule has 0 bridgehead atoms. The molecule has 0 radical (unpaired) electrons. The molecular weight excluding hydrogens is 530 g/mol. The molecule has 0 aliphatic carbocycles. The fourth-order valence-corrected chi connectivity index (χ4v) is 6.55. The monoisotopic (exact) mass is 561 g/mol. The van der Waals surface area contributed by atoms with Gasteiger partial charge in [0.05, 0.1) is 0 Å². The van der Waals surface area contributed by atoms with Gasteiger partial charge in [-0.2, -0.15) is 0 Å². The SMILES string of the molecule is c1ccc(Cc2ccc3c4ccc(-c5cccc(N(c6ccccc6)c6ccccc6)c5)cc4c4ccccc4c3c2)cc1. The number of hydrogen-bond donors (Lipinski definition) is 0. The van der Waals surface area contributed by atoms with Gasteiger partial charge in [-0.3, -0.25) is 0 Å². The summed E-state index contributed by atoms with van der Waals surface area (Å²) in [4.78, 5) is 2.32. The second-order valence-electron chi connectivity index (χ2n) is 11.4. The van der Waals surface area contributed by atoms with Gasteiger partial charge in [0.1, 0.15) is 0 Å². The lowest BCUT2D eigenvalue weighted by molar-refractivity contribution is 1.20. The third-order valence-corrected chi connectivity index (χ3v) is 8.62. The van der Waals surface area contributed by atoms with Crippen LogP contribution in [0.15, 0.2) is 176 Å². The van der Waals surface area contributed by atoms with Gasteiger partial charge >= 0.3 is 0 Å². The number of para-hydroxylation sites is 2. The Hall–Kier alpha value is -5.66. The van der Waals surface area contributed by atoms with Crippen molar-refractivity contribution in [1.29, 1.82) is 0 Å². The first kappa shape index (κ1) is 26.0. The van der Waals surface area contributed by atoms with Gasteiger partial charge in [0, 0.05) is 17.1 Å². The average molecular weight is 562 g/mol. The quantitative estimate of drug-likeness (QED) is 0.183. The normalized spacial score (nSPS) is 11.3. The maximum Gasteiger partial charge on any atom is 0.0467 e. The van der Waals surface area contributed by atoms with Crippen LogP contribution in [0.3, 0.4) is 0 Å². The average Bonchev–Trinajstić information content (AvgIpc) is 3.10. The van der Waals surface area contributed by atoms with Gasteiger partial charge in [0.2, 0.25) is 0 Å². The van der Waals surface area contributed by atoms with E-state index in [9.17, 15) is 0 Å². The molecule has 8 aromatic rings. The van der Waals surface area contributed by atoms with E-state index in [0.717, 1.165) is 23.5 Å². The highest BCUT2D eigenvalue weighted by Gasteiger charge is 2.14. The van der Waals surface area contributed by atoms with E-state index in [1.54, 1.807) is 0 Å². The largest absolute Gasteiger partial charge is 0.310 e. The fourth-order valence-electron chi connectivity index (χ4n) is 6.55. The molecule has 0 atom stereocenters. The zero-order valence-electron chi connectivity index (χ0n) is 24.4. The van der Waals surface area contributed by atoms with Gasteiger partial charge in [-0.05, 0) is 103 Å². The maximum atomic E-state index is 2.39. The predicted octanol–water partition coefficient (Wildman–Crippen LogP) is 11.9. The lowest BCUT2D eigenvalue weighted by Gasteiger charge is -2.26. The van der Waals surface area contributed by atoms with Crippen LogP contribution in [-0.2, 0) is 6.42 Å². The topological polar surface area (TPSA) is 3.24 Å². The van der Waals surface area contributed by atoms with Gasteiger partial charge in [-0.1, -0.05) is 133 Å². The molecule has 0 aromatic heterocycles. The number of hydrogen-bond acceptors (Lipinski definition) is 1. The van der Waals surface area contributed by atoms with Crippen LogP contribution in [0.1, 0.15) is 11.1 Å². The van der Waals surface area contributed by atoms with Crippen LogP contribution in [0.4, 0.5) is 17.1 Å². The lowest BCUT2D eigenvalue weighted by Crippen LogP contribution is -2.09. The summed E-state index contributed by atoms with van der Waals surface area (Å²) in [6.45, 7) is 0. The van der Waals surface area contributed by atoms with E-state index in [1.165, 1.54) is 54.6 Å². The molecule has 0 saturated heterocycles. The Labute approximate surface area is 258 Å². The third-order valence-electron chi connectivity index (χ3n) is 8.62. The van der Waals surface area contributed by atoms with E-state index in [0.29, 0.717) is 0 Å². The third kappa shape index (κ3) is 4.79. The Bertz CT molecular complexity index is 2180. The van der Waals surface area contributed by atoms with Gasteiger partial charge in [-0.15, -0.1) is 0 Å². The molecule has 0 saturated carbocycles. The van der Waals surface area contributed by atoms with E-state index in [4.69, 9.17) is 0 Å². The van der Waals surface area contributed by atoms with Crippen molar-refractivity contribution in [2.75, 3.05) is 4.90 Å². The van der Waals surface area contributed by atoms with Crippen molar-refractivity contribution in [3.05, 3.63) is 187 Å². The summed E-state index contributed by atoms with van der Waals surface area (Å²) in [5.74, 6) is 0. The molecule has 0 N–H and O–H groups in total. The van der Waals surface area contributed by atoms with Crippen LogP contribution in [-0.4, -0.2) is 0 Å². The summed E-state index contributed by atoms with van der Waals surface area (Å²) in [7, 11) is 0. The number of fused-ring (bicyclic) bond motifs is 6. The van der Waals surface area contributed by atoms with Crippen LogP contribution in [0, 0.1) is 0 Å². The Kier molecular flexibility index (Phi) is 6.62. The lowest BCUT2D eigenvalue weighted by atomic mass is 9.90. The summed E-state index contributed by atoms with van der Waals surface area (Å²) in [6.07, 6.45) is 0.932. The molecule has 0 aliphatic heterocycles. The molecule has 0 fully saturated rings. The van der Waals surface area contributed by atoms with Crippen LogP contribution in [0.25, 0.3) is 43.4 Å². The van der Waals surface area contributed by atoms with Crippen LogP contribution < -0.4 is 4.90 Å². The molecule has 0 aliphatic rings. The second-order valence-corrected chi connectivity index (χ2v) is 11.4. The van der Waals surface area contributed by atoms with Gasteiger partial charge < -0.3 is 4.90 Å². The zero-order valence-corrected chi connectivity index (χ0v) is 24.4. The minimum atomic E-state index is 0.932. The van der Waals surface area contributed by atoms with Crippen LogP contribution in [0.5, 0.6) is 0 Å². The molecule has 8 rings (SSSR count). The van der Waals surface area contributed by atoms with Crippen molar-refractivity contribution in [3.63, 3.8) is 0 Å². The van der Waals surface area contributed by atoms with Crippen LogP contribution >= 0.6 is 0 Å². The molecule has 0 unspecified atom stereocenters. The minimum absolute atomic E-state index is 0.932. The van der Waals surface area contributed by atoms with Crippen molar-refractivity contribution in [1.82, 2.24) is 0 Å². The standard InChI is InChI=1S/C43H31N/c1-4-13-31(14-5-1)27-32-23-25-40-41-26-24-34(30-43(41)39-22-11-10-21-38(39)42(40)28-32)33-15-12-20-37(29-33)44(35-16-6-2-7-17-35)36-18-8-3-9-19-36/h1-26,28-30H,27H2. The summed E-state index contributed by atoms with van der Waals surface area (Å²) in [5.41, 5.74) is 8.49. The molecule has 8 aromatic carbocycles. The van der Waals surface area contributed by atoms with Gasteiger partial charge in [-0.25, -0.2) is 0 Å². The van der Waals surface area contributed by atoms with E-state index in [-0.39, 0.29) is 0 Å². The van der Waals surface area contributed by atoms with Crippen molar-refractivity contribution in [2.24, 2.45) is 0 Å². The Morgan fingerprint density at radius 1 is 0.295 bits per heavy atom. The summed E-state index contributed by atoms with van der Waals surface area (Å²) in [5, 5.41) is 7.79. The van der Waals surface area contributed by atoms with Gasteiger partial charge in [0.15, 0.2) is 0 Å². The highest BCUT2D eigenvalue weighted by molar-refractivity contribution is 6.25. The molecule has 44 heavy (non-hydrogen) atoms. The molecule has 0 heterocycles. The first-order valence-corrected chi connectivity index (χ1v) is 15.2. The van der Waals surface area contributed by atoms with Crippen molar-refractivity contribution >= 4 is 49.4 Å². The molecule has 0 amide bonds. The molecular formula is C43H31N. The molecule has 1 heteroatoms. The van der Waals surface area contributed by atoms with E-state index < -0.39 is 0 Å². The molecule has 1 nitrogen and oxygen atoms in total. The van der Waals surface area contributed by atoms with Crippen molar-refractivity contribution in [3.8, 4) is 11.1 Å². The Balaban J connectivity index is 1.26. The maximum absolute atomic E-state index is 2.39. The van der Waals surface area contributed by atoms with Gasteiger partial charge in [0.25, 0.3) is 0 Å². The van der Waals surface area contributed by atoms with Crippen LogP contribution in [0.2, 0.25) is 0 Å². The van der Waals surface area contributed by atoms with Crippen molar-refractivity contribution in [2.45, 2.75) is 6.42 Å². The zero-order chi connectivity index (χ0) is 29.3. The Morgan fingerprint density at radius 3 is 1.45 bits per heavy atom. The molecule has 0 spiro atoms. The first-order chi connectivity index (χ1) is 21.8. The number of benzene rings is 8. The summed E-state index contributed by atoms with van der Waals surface area (Å²) >= 11 is 0. The minimum Gasteiger partial charge on any atom is -0.310 e. The summed E-state index contributed by atoms with van der Waals surface area (Å²) < 4.78 is 0. The number of anilines is 3. The van der Waals surface area contributed by atoms with Crippen molar-refractivity contribution < 1.29 is 0 Å². The second kappa shape index (κ2) is 11.2. The number of nitrogens with zero attached hydrogens (tertiary/aromatic N) is 1. The molecule has 208 valence electrons. The van der Waals surface area contributed by atoms with E-state index >= 15 is 0 Å². The smallest absolute Gasteiger partial charge is 0.0467 e. The highest BCUT2D eigenvalue weighted by Crippen LogP contribution is 2.40. The first-order valence-electron chi connectivity index (χ1n) is 15.2. The highest BCUT2D eigenvalue weighted by atomic mass is 15.1. The Morgan fingerprint density at radius 2 is 0.795 bits per heavy atom. The fraction of sp³-hybridized carbons (Fsp3) is 0.0233. The summed E-state index contributed by atoms with van der Waals surface area (Å²) in [6, 6.07) is 63.6. The number of rotatable bonds is 6. The predicted molar refractivity (Wildman–Crippen MR) is 188 cm³/mol.